The molecule has 0 aliphatic carbocycles. The standard InChI is InChI=1S/C12H9FO3S/c13-10-6-8-12(9-7-10)17(14,15)16-11-4-2-1-3-5-11/h1-9H. The molecule has 2 aromatic carbocycles. The van der Waals surface area contributed by atoms with E-state index in [1.165, 1.54) is 12.1 Å². The first-order valence-electron chi connectivity index (χ1n) is 4.83. The molecule has 0 N–H and O–H groups in total. The Labute approximate surface area is 98.6 Å². The Morgan fingerprint density at radius 3 is 2.06 bits per heavy atom. The fourth-order valence-corrected chi connectivity index (χ4v) is 2.18. The van der Waals surface area contributed by atoms with Crippen molar-refractivity contribution >= 4 is 10.1 Å². The third-order valence-corrected chi connectivity index (χ3v) is 3.31. The number of rotatable bonds is 3. The summed E-state index contributed by atoms with van der Waals surface area (Å²) in [7, 11) is -3.90. The maximum absolute atomic E-state index is 12.7. The van der Waals surface area contributed by atoms with E-state index in [0.29, 0.717) is 0 Å². The number of hydrogen-bond donors (Lipinski definition) is 0. The molecule has 5 heteroatoms. The predicted octanol–water partition coefficient (Wildman–Crippen LogP) is 2.59. The quantitative estimate of drug-likeness (QED) is 0.788. The fraction of sp³-hybridized carbons (Fsp3) is 0. The zero-order chi connectivity index (χ0) is 12.3. The summed E-state index contributed by atoms with van der Waals surface area (Å²) in [6, 6.07) is 12.6. The number of hydrogen-bond acceptors (Lipinski definition) is 3. The second kappa shape index (κ2) is 4.55. The molecule has 0 unspecified atom stereocenters. The van der Waals surface area contributed by atoms with Crippen molar-refractivity contribution in [2.45, 2.75) is 4.90 Å². The molecular formula is C12H9FO3S. The minimum atomic E-state index is -3.90. The molecule has 0 spiro atoms. The first-order valence-corrected chi connectivity index (χ1v) is 6.24. The molecule has 2 rings (SSSR count). The van der Waals surface area contributed by atoms with Crippen molar-refractivity contribution in [3.05, 3.63) is 60.4 Å². The van der Waals surface area contributed by atoms with E-state index in [0.717, 1.165) is 24.3 Å². The molecule has 88 valence electrons. The summed E-state index contributed by atoms with van der Waals surface area (Å²) >= 11 is 0. The summed E-state index contributed by atoms with van der Waals surface area (Å²) in [5, 5.41) is 0. The molecule has 0 heterocycles. The van der Waals surface area contributed by atoms with Gasteiger partial charge in [0.05, 0.1) is 0 Å². The zero-order valence-electron chi connectivity index (χ0n) is 8.71. The molecule has 0 aliphatic heterocycles. The summed E-state index contributed by atoms with van der Waals surface area (Å²) < 4.78 is 41.1. The lowest BCUT2D eigenvalue weighted by atomic mass is 10.3. The van der Waals surface area contributed by atoms with E-state index < -0.39 is 15.9 Å². The Hall–Kier alpha value is -1.88. The van der Waals surface area contributed by atoms with Crippen LogP contribution in [0.15, 0.2) is 59.5 Å². The predicted molar refractivity (Wildman–Crippen MR) is 60.7 cm³/mol. The van der Waals surface area contributed by atoms with Crippen molar-refractivity contribution < 1.29 is 17.0 Å². The molecule has 0 radical (unpaired) electrons. The highest BCUT2D eigenvalue weighted by atomic mass is 32.2. The topological polar surface area (TPSA) is 43.4 Å². The van der Waals surface area contributed by atoms with Crippen molar-refractivity contribution in [3.8, 4) is 5.75 Å². The van der Waals surface area contributed by atoms with Crippen molar-refractivity contribution in [1.29, 1.82) is 0 Å². The monoisotopic (exact) mass is 252 g/mol. The summed E-state index contributed by atoms with van der Waals surface area (Å²) in [5.41, 5.74) is 0. The second-order valence-electron chi connectivity index (χ2n) is 3.30. The Kier molecular flexibility index (Phi) is 3.10. The molecule has 0 aromatic heterocycles. The molecule has 0 aliphatic rings. The van der Waals surface area contributed by atoms with Crippen LogP contribution < -0.4 is 4.18 Å². The van der Waals surface area contributed by atoms with Crippen LogP contribution in [0.5, 0.6) is 5.75 Å². The summed E-state index contributed by atoms with van der Waals surface area (Å²) in [6.07, 6.45) is 0. The van der Waals surface area contributed by atoms with Crippen LogP contribution in [0.4, 0.5) is 4.39 Å². The Bertz CT molecular complexity index is 591. The summed E-state index contributed by atoms with van der Waals surface area (Å²) in [6.45, 7) is 0. The van der Waals surface area contributed by atoms with Gasteiger partial charge in [0.15, 0.2) is 0 Å². The molecule has 17 heavy (non-hydrogen) atoms. The number of benzene rings is 2. The Morgan fingerprint density at radius 1 is 0.882 bits per heavy atom. The largest absolute Gasteiger partial charge is 0.379 e. The molecular weight excluding hydrogens is 243 g/mol. The van der Waals surface area contributed by atoms with Gasteiger partial charge in [0, 0.05) is 0 Å². The highest BCUT2D eigenvalue weighted by molar-refractivity contribution is 7.87. The molecule has 2 aromatic rings. The van der Waals surface area contributed by atoms with Gasteiger partial charge in [0.2, 0.25) is 0 Å². The lowest BCUT2D eigenvalue weighted by molar-refractivity contribution is 0.486. The van der Waals surface area contributed by atoms with E-state index in [1.54, 1.807) is 18.2 Å². The average Bonchev–Trinajstić information content (AvgIpc) is 2.30. The molecule has 0 bridgehead atoms. The van der Waals surface area contributed by atoms with Gasteiger partial charge in [-0.15, -0.1) is 0 Å². The van der Waals surface area contributed by atoms with Crippen LogP contribution in [0, 0.1) is 5.82 Å². The third-order valence-electron chi connectivity index (χ3n) is 2.05. The van der Waals surface area contributed by atoms with Gasteiger partial charge < -0.3 is 4.18 Å². The average molecular weight is 252 g/mol. The van der Waals surface area contributed by atoms with Gasteiger partial charge in [0.1, 0.15) is 16.5 Å². The third kappa shape index (κ3) is 2.82. The van der Waals surface area contributed by atoms with Crippen LogP contribution in [0.2, 0.25) is 0 Å². The van der Waals surface area contributed by atoms with E-state index in [2.05, 4.69) is 0 Å². The maximum Gasteiger partial charge on any atom is 0.339 e. The van der Waals surface area contributed by atoms with Crippen molar-refractivity contribution in [2.24, 2.45) is 0 Å². The van der Waals surface area contributed by atoms with Gasteiger partial charge in [-0.2, -0.15) is 8.42 Å². The SMILES string of the molecule is O=S(=O)(Oc1ccccc1)c1ccc(F)cc1. The zero-order valence-corrected chi connectivity index (χ0v) is 9.52. The van der Waals surface area contributed by atoms with E-state index in [-0.39, 0.29) is 10.6 Å². The molecule has 0 amide bonds. The van der Waals surface area contributed by atoms with Crippen LogP contribution in [0.3, 0.4) is 0 Å². The smallest absolute Gasteiger partial charge is 0.339 e. The Balaban J connectivity index is 2.29. The van der Waals surface area contributed by atoms with E-state index in [1.807, 2.05) is 0 Å². The van der Waals surface area contributed by atoms with Gasteiger partial charge in [-0.05, 0) is 36.4 Å². The van der Waals surface area contributed by atoms with Gasteiger partial charge in [-0.25, -0.2) is 4.39 Å². The van der Waals surface area contributed by atoms with Crippen molar-refractivity contribution in [3.63, 3.8) is 0 Å². The summed E-state index contributed by atoms with van der Waals surface area (Å²) in [4.78, 5) is -0.0808. The molecule has 0 saturated carbocycles. The van der Waals surface area contributed by atoms with E-state index >= 15 is 0 Å². The summed E-state index contributed by atoms with van der Waals surface area (Å²) in [5.74, 6) is -0.277. The Morgan fingerprint density at radius 2 is 1.47 bits per heavy atom. The molecule has 3 nitrogen and oxygen atoms in total. The second-order valence-corrected chi connectivity index (χ2v) is 4.85. The minimum Gasteiger partial charge on any atom is -0.379 e. The maximum atomic E-state index is 12.7. The lowest BCUT2D eigenvalue weighted by Crippen LogP contribution is -2.09. The lowest BCUT2D eigenvalue weighted by Gasteiger charge is -2.06. The van der Waals surface area contributed by atoms with Crippen LogP contribution in [0.1, 0.15) is 0 Å². The molecule has 0 atom stereocenters. The number of para-hydroxylation sites is 1. The first-order chi connectivity index (χ1) is 8.08. The van der Waals surface area contributed by atoms with Gasteiger partial charge in [0.25, 0.3) is 0 Å². The fourth-order valence-electron chi connectivity index (χ4n) is 1.25. The minimum absolute atomic E-state index is 0.0808. The van der Waals surface area contributed by atoms with E-state index in [9.17, 15) is 12.8 Å². The number of halogens is 1. The van der Waals surface area contributed by atoms with Gasteiger partial charge in [-0.3, -0.25) is 0 Å². The van der Waals surface area contributed by atoms with Crippen molar-refractivity contribution in [1.82, 2.24) is 0 Å². The van der Waals surface area contributed by atoms with E-state index in [4.69, 9.17) is 4.18 Å². The van der Waals surface area contributed by atoms with Crippen molar-refractivity contribution in [2.75, 3.05) is 0 Å². The van der Waals surface area contributed by atoms with Crippen LogP contribution >= 0.6 is 0 Å². The normalized spacial score (nSPS) is 11.1. The van der Waals surface area contributed by atoms with Crippen LogP contribution in [-0.2, 0) is 10.1 Å². The molecule has 0 saturated heterocycles. The van der Waals surface area contributed by atoms with Crippen LogP contribution in [-0.4, -0.2) is 8.42 Å². The van der Waals surface area contributed by atoms with Gasteiger partial charge in [-0.1, -0.05) is 18.2 Å². The molecule has 0 fully saturated rings. The highest BCUT2D eigenvalue weighted by Crippen LogP contribution is 2.18. The first kappa shape index (κ1) is 11.6. The highest BCUT2D eigenvalue weighted by Gasteiger charge is 2.16. The van der Waals surface area contributed by atoms with Gasteiger partial charge >= 0.3 is 10.1 Å². The van der Waals surface area contributed by atoms with Crippen LogP contribution in [0.25, 0.3) is 0 Å².